The third-order valence-electron chi connectivity index (χ3n) is 3.55. The summed E-state index contributed by atoms with van der Waals surface area (Å²) in [6.07, 6.45) is -6.08. The van der Waals surface area contributed by atoms with Crippen LogP contribution in [0, 0.1) is 11.8 Å². The molecule has 154 valence electrons. The van der Waals surface area contributed by atoms with Gasteiger partial charge in [0.15, 0.2) is 4.91 Å². The molecule has 0 saturated heterocycles. The van der Waals surface area contributed by atoms with Crippen LogP contribution in [0.25, 0.3) is 0 Å². The number of alkyl halides is 5. The van der Waals surface area contributed by atoms with Crippen LogP contribution in [0.5, 0.6) is 0 Å². The zero-order valence-corrected chi connectivity index (χ0v) is 15.8. The van der Waals surface area contributed by atoms with E-state index < -0.39 is 44.1 Å². The predicted octanol–water partition coefficient (Wildman–Crippen LogP) is 4.96. The van der Waals surface area contributed by atoms with Gasteiger partial charge in [0.25, 0.3) is 0 Å². The Morgan fingerprint density at radius 3 is 1.93 bits per heavy atom. The molecule has 3 nitrogen and oxygen atoms in total. The van der Waals surface area contributed by atoms with Gasteiger partial charge in [0.05, 0.1) is 11.5 Å². The van der Waals surface area contributed by atoms with Crippen molar-refractivity contribution in [2.45, 2.75) is 23.9 Å². The van der Waals surface area contributed by atoms with Crippen molar-refractivity contribution < 1.29 is 35.1 Å². The third-order valence-corrected chi connectivity index (χ3v) is 5.27. The summed E-state index contributed by atoms with van der Waals surface area (Å²) in [7, 11) is -4.84. The standard InChI is InChI=1S/C20H15F5O3S/c1-2-28-18(19(21,22)20(23,24)25)17(14-13-15-9-5-3-6-10-15)29(26,27)16-11-7-4-8-12-16/h3-12H,2H2,1H3/b18-17-. The van der Waals surface area contributed by atoms with Gasteiger partial charge in [-0.25, -0.2) is 8.42 Å². The topological polar surface area (TPSA) is 43.4 Å². The van der Waals surface area contributed by atoms with E-state index in [1.54, 1.807) is 18.2 Å². The molecule has 0 atom stereocenters. The molecular formula is C20H15F5O3S. The van der Waals surface area contributed by atoms with Gasteiger partial charge in [-0.1, -0.05) is 42.3 Å². The van der Waals surface area contributed by atoms with E-state index in [4.69, 9.17) is 0 Å². The molecule has 0 amide bonds. The normalized spacial score (nSPS) is 13.2. The molecule has 0 aliphatic carbocycles. The highest BCUT2D eigenvalue weighted by Crippen LogP contribution is 2.44. The largest absolute Gasteiger partial charge is 0.490 e. The highest BCUT2D eigenvalue weighted by Gasteiger charge is 2.63. The van der Waals surface area contributed by atoms with Gasteiger partial charge in [-0.05, 0) is 37.1 Å². The summed E-state index contributed by atoms with van der Waals surface area (Å²) in [5.41, 5.74) is 0.222. The lowest BCUT2D eigenvalue weighted by molar-refractivity contribution is -0.276. The van der Waals surface area contributed by atoms with Gasteiger partial charge in [0.2, 0.25) is 15.6 Å². The molecule has 0 fully saturated rings. The van der Waals surface area contributed by atoms with Crippen molar-refractivity contribution in [1.29, 1.82) is 0 Å². The van der Waals surface area contributed by atoms with E-state index in [9.17, 15) is 30.4 Å². The van der Waals surface area contributed by atoms with Crippen molar-refractivity contribution in [2.24, 2.45) is 0 Å². The van der Waals surface area contributed by atoms with Crippen LogP contribution in [0.4, 0.5) is 22.0 Å². The summed E-state index contributed by atoms with van der Waals surface area (Å²) in [6.45, 7) is 0.533. The highest BCUT2D eigenvalue weighted by molar-refractivity contribution is 7.95. The van der Waals surface area contributed by atoms with Gasteiger partial charge in [-0.3, -0.25) is 0 Å². The number of benzene rings is 2. The molecule has 0 unspecified atom stereocenters. The monoisotopic (exact) mass is 430 g/mol. The second-order valence-electron chi connectivity index (χ2n) is 5.60. The van der Waals surface area contributed by atoms with Crippen LogP contribution in [-0.4, -0.2) is 27.1 Å². The van der Waals surface area contributed by atoms with Gasteiger partial charge in [0, 0.05) is 5.56 Å². The average molecular weight is 430 g/mol. The molecule has 0 bridgehead atoms. The molecule has 0 spiro atoms. The van der Waals surface area contributed by atoms with Crippen LogP contribution < -0.4 is 0 Å². The number of halogens is 5. The zero-order valence-electron chi connectivity index (χ0n) is 15.0. The first-order valence-electron chi connectivity index (χ1n) is 8.21. The van der Waals surface area contributed by atoms with Crippen LogP contribution in [0.1, 0.15) is 12.5 Å². The minimum atomic E-state index is -6.08. The molecular weight excluding hydrogens is 415 g/mol. The first-order chi connectivity index (χ1) is 13.5. The summed E-state index contributed by atoms with van der Waals surface area (Å²) < 4.78 is 97.7. The second kappa shape index (κ2) is 8.66. The Kier molecular flexibility index (Phi) is 6.69. The first-order valence-corrected chi connectivity index (χ1v) is 9.69. The summed E-state index contributed by atoms with van der Waals surface area (Å²) in [5, 5.41) is 0. The maximum atomic E-state index is 14.2. The van der Waals surface area contributed by atoms with E-state index in [-0.39, 0.29) is 5.56 Å². The predicted molar refractivity (Wildman–Crippen MR) is 96.6 cm³/mol. The Morgan fingerprint density at radius 1 is 0.931 bits per heavy atom. The second-order valence-corrected chi connectivity index (χ2v) is 7.48. The Labute approximate surface area is 164 Å². The van der Waals surface area contributed by atoms with Crippen LogP contribution in [-0.2, 0) is 14.6 Å². The molecule has 0 aromatic heterocycles. The first kappa shape index (κ1) is 22.4. The number of hydrogen-bond donors (Lipinski definition) is 0. The lowest BCUT2D eigenvalue weighted by Gasteiger charge is -2.23. The maximum absolute atomic E-state index is 14.2. The van der Waals surface area contributed by atoms with E-state index in [2.05, 4.69) is 10.7 Å². The molecule has 0 aliphatic rings. The molecule has 0 saturated carbocycles. The lowest BCUT2D eigenvalue weighted by Crippen LogP contribution is -2.40. The summed E-state index contributed by atoms with van der Waals surface area (Å²) in [4.78, 5) is -1.94. The van der Waals surface area contributed by atoms with E-state index >= 15 is 0 Å². The Morgan fingerprint density at radius 2 is 1.45 bits per heavy atom. The Balaban J connectivity index is 2.84. The van der Waals surface area contributed by atoms with E-state index in [1.807, 2.05) is 5.92 Å². The number of hydrogen-bond acceptors (Lipinski definition) is 3. The lowest BCUT2D eigenvalue weighted by atomic mass is 10.2. The van der Waals surface area contributed by atoms with Gasteiger partial charge >= 0.3 is 12.1 Å². The fourth-order valence-corrected chi connectivity index (χ4v) is 3.55. The van der Waals surface area contributed by atoms with E-state index in [0.717, 1.165) is 19.1 Å². The van der Waals surface area contributed by atoms with Gasteiger partial charge in [0.1, 0.15) is 0 Å². The number of rotatable bonds is 5. The minimum Gasteiger partial charge on any atom is -0.490 e. The van der Waals surface area contributed by atoms with Crippen LogP contribution in [0.3, 0.4) is 0 Å². The molecule has 0 aliphatic heterocycles. The van der Waals surface area contributed by atoms with Crippen LogP contribution in [0.2, 0.25) is 0 Å². The molecule has 0 radical (unpaired) electrons. The van der Waals surface area contributed by atoms with Gasteiger partial charge in [-0.15, -0.1) is 0 Å². The quantitative estimate of drug-likeness (QED) is 0.383. The van der Waals surface area contributed by atoms with Crippen molar-refractivity contribution in [3.63, 3.8) is 0 Å². The van der Waals surface area contributed by atoms with Crippen molar-refractivity contribution in [1.82, 2.24) is 0 Å². The smallest absolute Gasteiger partial charge is 0.461 e. The van der Waals surface area contributed by atoms with Crippen molar-refractivity contribution >= 4 is 9.84 Å². The molecule has 2 rings (SSSR count). The highest BCUT2D eigenvalue weighted by atomic mass is 32.2. The number of allylic oxidation sites excluding steroid dienone is 2. The fourth-order valence-electron chi connectivity index (χ4n) is 2.19. The van der Waals surface area contributed by atoms with E-state index in [1.165, 1.54) is 30.3 Å². The SMILES string of the molecule is CCO/C(=C(/C#Cc1ccccc1)S(=O)(=O)c1ccccc1)C(F)(F)C(F)(F)F. The fraction of sp³-hybridized carbons (Fsp3) is 0.200. The van der Waals surface area contributed by atoms with Crippen molar-refractivity contribution in [3.8, 4) is 11.8 Å². The summed E-state index contributed by atoms with van der Waals surface area (Å²) in [5.74, 6) is -3.33. The third kappa shape index (κ3) is 4.95. The Hall–Kier alpha value is -2.86. The minimum absolute atomic E-state index is 0.222. The van der Waals surface area contributed by atoms with Crippen LogP contribution >= 0.6 is 0 Å². The molecule has 2 aromatic carbocycles. The molecule has 0 heterocycles. The van der Waals surface area contributed by atoms with Gasteiger partial charge < -0.3 is 4.74 Å². The van der Waals surface area contributed by atoms with Crippen molar-refractivity contribution in [3.05, 3.63) is 76.9 Å². The Bertz CT molecular complexity index is 1030. The average Bonchev–Trinajstić information content (AvgIpc) is 2.67. The molecule has 2 aromatic rings. The van der Waals surface area contributed by atoms with Crippen molar-refractivity contribution in [2.75, 3.05) is 6.61 Å². The van der Waals surface area contributed by atoms with Gasteiger partial charge in [-0.2, -0.15) is 22.0 Å². The summed E-state index contributed by atoms with van der Waals surface area (Å²) >= 11 is 0. The van der Waals surface area contributed by atoms with E-state index in [0.29, 0.717) is 0 Å². The maximum Gasteiger partial charge on any atom is 0.461 e. The molecule has 29 heavy (non-hydrogen) atoms. The summed E-state index contributed by atoms with van der Waals surface area (Å²) in [6, 6.07) is 13.8. The molecule has 0 N–H and O–H groups in total. The number of sulfone groups is 1. The molecule has 9 heteroatoms. The van der Waals surface area contributed by atoms with Crippen LogP contribution in [0.15, 0.2) is 76.2 Å². The zero-order chi connectivity index (χ0) is 21.7. The number of ether oxygens (including phenoxy) is 1.